The van der Waals surface area contributed by atoms with Gasteiger partial charge in [0.15, 0.2) is 0 Å². The van der Waals surface area contributed by atoms with Crippen molar-refractivity contribution in [1.29, 1.82) is 0 Å². The van der Waals surface area contributed by atoms with Crippen LogP contribution in [0.5, 0.6) is 5.75 Å². The third-order valence-corrected chi connectivity index (χ3v) is 3.85. The molecule has 0 radical (unpaired) electrons. The molecule has 1 heterocycles. The number of carboxylic acid groups (broad SMARTS) is 1. The highest BCUT2D eigenvalue weighted by molar-refractivity contribution is 6.30. The van der Waals surface area contributed by atoms with Crippen LogP contribution in [-0.2, 0) is 11.3 Å². The SMILES string of the molecule is CCOc1c(C)cc(Cl)cc1CN1CCCC1C(=O)O. The highest BCUT2D eigenvalue weighted by atomic mass is 35.5. The summed E-state index contributed by atoms with van der Waals surface area (Å²) in [5, 5.41) is 9.90. The topological polar surface area (TPSA) is 49.8 Å². The molecule has 4 nitrogen and oxygen atoms in total. The standard InChI is InChI=1S/C15H20ClNO3/c1-3-20-14-10(2)7-12(16)8-11(14)9-17-6-4-5-13(17)15(18)19/h7-8,13H,3-6,9H2,1-2H3,(H,18,19). The molecule has 1 saturated heterocycles. The van der Waals surface area contributed by atoms with Gasteiger partial charge in [-0.3, -0.25) is 9.69 Å². The van der Waals surface area contributed by atoms with Gasteiger partial charge in [-0.15, -0.1) is 0 Å². The van der Waals surface area contributed by atoms with E-state index in [0.29, 0.717) is 24.6 Å². The summed E-state index contributed by atoms with van der Waals surface area (Å²) in [6, 6.07) is 3.34. The van der Waals surface area contributed by atoms with Crippen LogP contribution >= 0.6 is 11.6 Å². The van der Waals surface area contributed by atoms with E-state index in [0.717, 1.165) is 29.8 Å². The van der Waals surface area contributed by atoms with Gasteiger partial charge in [0, 0.05) is 17.1 Å². The average Bonchev–Trinajstić information content (AvgIpc) is 2.81. The van der Waals surface area contributed by atoms with E-state index < -0.39 is 12.0 Å². The zero-order valence-corrected chi connectivity index (χ0v) is 12.6. The zero-order valence-electron chi connectivity index (χ0n) is 11.9. The number of aliphatic carboxylic acids is 1. The van der Waals surface area contributed by atoms with Gasteiger partial charge in [-0.2, -0.15) is 0 Å². The van der Waals surface area contributed by atoms with Crippen molar-refractivity contribution < 1.29 is 14.6 Å². The normalized spacial score (nSPS) is 19.2. The van der Waals surface area contributed by atoms with Crippen LogP contribution < -0.4 is 4.74 Å². The van der Waals surface area contributed by atoms with E-state index in [-0.39, 0.29) is 0 Å². The van der Waals surface area contributed by atoms with E-state index in [1.165, 1.54) is 0 Å². The lowest BCUT2D eigenvalue weighted by atomic mass is 10.1. The van der Waals surface area contributed by atoms with Gasteiger partial charge in [0.1, 0.15) is 11.8 Å². The number of benzene rings is 1. The molecule has 0 bridgehead atoms. The van der Waals surface area contributed by atoms with Crippen molar-refractivity contribution in [2.75, 3.05) is 13.2 Å². The summed E-state index contributed by atoms with van der Waals surface area (Å²) in [5.74, 6) is 0.0761. The molecule has 1 aromatic carbocycles. The summed E-state index contributed by atoms with van der Waals surface area (Å²) in [4.78, 5) is 13.2. The lowest BCUT2D eigenvalue weighted by molar-refractivity contribution is -0.142. The van der Waals surface area contributed by atoms with Gasteiger partial charge in [-0.1, -0.05) is 11.6 Å². The Morgan fingerprint density at radius 2 is 2.30 bits per heavy atom. The number of ether oxygens (including phenoxy) is 1. The monoisotopic (exact) mass is 297 g/mol. The van der Waals surface area contributed by atoms with E-state index >= 15 is 0 Å². The van der Waals surface area contributed by atoms with Crippen LogP contribution in [0.1, 0.15) is 30.9 Å². The maximum absolute atomic E-state index is 11.2. The van der Waals surface area contributed by atoms with Gasteiger partial charge in [0.05, 0.1) is 6.61 Å². The lowest BCUT2D eigenvalue weighted by Crippen LogP contribution is -2.35. The number of carboxylic acids is 1. The molecule has 0 aromatic heterocycles. The third kappa shape index (κ3) is 3.25. The van der Waals surface area contributed by atoms with Crippen LogP contribution in [0.25, 0.3) is 0 Å². The summed E-state index contributed by atoms with van der Waals surface area (Å²) in [6.07, 6.45) is 1.62. The van der Waals surface area contributed by atoms with Gasteiger partial charge in [0.25, 0.3) is 0 Å². The molecule has 1 fully saturated rings. The maximum Gasteiger partial charge on any atom is 0.320 e. The highest BCUT2D eigenvalue weighted by Crippen LogP contribution is 2.31. The number of hydrogen-bond donors (Lipinski definition) is 1. The molecule has 20 heavy (non-hydrogen) atoms. The molecule has 1 N–H and O–H groups in total. The van der Waals surface area contributed by atoms with E-state index in [9.17, 15) is 9.90 Å². The van der Waals surface area contributed by atoms with Crippen molar-refractivity contribution in [1.82, 2.24) is 4.90 Å². The molecule has 0 aliphatic carbocycles. The van der Waals surface area contributed by atoms with Gasteiger partial charge in [0.2, 0.25) is 0 Å². The van der Waals surface area contributed by atoms with Gasteiger partial charge >= 0.3 is 5.97 Å². The van der Waals surface area contributed by atoms with Crippen LogP contribution in [0.4, 0.5) is 0 Å². The van der Waals surface area contributed by atoms with Crippen molar-refractivity contribution in [3.63, 3.8) is 0 Å². The molecule has 1 atom stereocenters. The van der Waals surface area contributed by atoms with E-state index in [1.54, 1.807) is 0 Å². The molecule has 1 aromatic rings. The van der Waals surface area contributed by atoms with Crippen molar-refractivity contribution in [2.24, 2.45) is 0 Å². The summed E-state index contributed by atoms with van der Waals surface area (Å²) < 4.78 is 5.70. The number of carbonyl (C=O) groups is 1. The Balaban J connectivity index is 2.25. The molecule has 110 valence electrons. The van der Waals surface area contributed by atoms with Crippen molar-refractivity contribution >= 4 is 17.6 Å². The first kappa shape index (κ1) is 15.1. The molecule has 0 amide bonds. The van der Waals surface area contributed by atoms with E-state index in [2.05, 4.69) is 0 Å². The van der Waals surface area contributed by atoms with Crippen LogP contribution in [0, 0.1) is 6.92 Å². The fraction of sp³-hybridized carbons (Fsp3) is 0.533. The second-order valence-corrected chi connectivity index (χ2v) is 5.55. The molecule has 1 aliphatic heterocycles. The predicted molar refractivity (Wildman–Crippen MR) is 78.4 cm³/mol. The molecular formula is C15H20ClNO3. The lowest BCUT2D eigenvalue weighted by Gasteiger charge is -2.23. The minimum absolute atomic E-state index is 0.399. The second kappa shape index (κ2) is 6.46. The van der Waals surface area contributed by atoms with Crippen molar-refractivity contribution in [3.8, 4) is 5.75 Å². The fourth-order valence-electron chi connectivity index (χ4n) is 2.78. The molecule has 1 aliphatic rings. The van der Waals surface area contributed by atoms with Crippen LogP contribution in [0.15, 0.2) is 12.1 Å². The molecule has 1 unspecified atom stereocenters. The molecule has 5 heteroatoms. The predicted octanol–water partition coefficient (Wildman–Crippen LogP) is 3.10. The number of halogens is 1. The minimum Gasteiger partial charge on any atom is -0.493 e. The Morgan fingerprint density at radius 1 is 1.55 bits per heavy atom. The third-order valence-electron chi connectivity index (χ3n) is 3.63. The first-order chi connectivity index (χ1) is 9.52. The summed E-state index contributed by atoms with van der Waals surface area (Å²) in [7, 11) is 0. The molecule has 2 rings (SSSR count). The maximum atomic E-state index is 11.2. The number of likely N-dealkylation sites (tertiary alicyclic amines) is 1. The average molecular weight is 298 g/mol. The fourth-order valence-corrected chi connectivity index (χ4v) is 3.08. The van der Waals surface area contributed by atoms with Crippen molar-refractivity contribution in [2.45, 2.75) is 39.3 Å². The van der Waals surface area contributed by atoms with E-state index in [4.69, 9.17) is 16.3 Å². The van der Waals surface area contributed by atoms with Crippen LogP contribution in [0.3, 0.4) is 0 Å². The number of rotatable bonds is 5. The quantitative estimate of drug-likeness (QED) is 0.907. The Morgan fingerprint density at radius 3 is 2.95 bits per heavy atom. The molecule has 0 spiro atoms. The molecule has 0 saturated carbocycles. The van der Waals surface area contributed by atoms with Gasteiger partial charge in [-0.25, -0.2) is 0 Å². The number of aryl methyl sites for hydroxylation is 1. The van der Waals surface area contributed by atoms with Gasteiger partial charge in [-0.05, 0) is 50.9 Å². The summed E-state index contributed by atoms with van der Waals surface area (Å²) in [6.45, 7) is 5.84. The van der Waals surface area contributed by atoms with Crippen LogP contribution in [-0.4, -0.2) is 35.2 Å². The Labute approximate surface area is 124 Å². The van der Waals surface area contributed by atoms with Gasteiger partial charge < -0.3 is 9.84 Å². The second-order valence-electron chi connectivity index (χ2n) is 5.11. The summed E-state index contributed by atoms with van der Waals surface area (Å²) >= 11 is 6.12. The number of nitrogens with zero attached hydrogens (tertiary/aromatic N) is 1. The minimum atomic E-state index is -0.751. The first-order valence-corrected chi connectivity index (χ1v) is 7.29. The summed E-state index contributed by atoms with van der Waals surface area (Å²) in [5.41, 5.74) is 1.95. The van der Waals surface area contributed by atoms with Crippen molar-refractivity contribution in [3.05, 3.63) is 28.3 Å². The zero-order chi connectivity index (χ0) is 14.7. The Kier molecular flexibility index (Phi) is 4.89. The van der Waals surface area contributed by atoms with Crippen LogP contribution in [0.2, 0.25) is 5.02 Å². The Hall–Kier alpha value is -1.26. The molecular weight excluding hydrogens is 278 g/mol. The smallest absolute Gasteiger partial charge is 0.320 e. The van der Waals surface area contributed by atoms with E-state index in [1.807, 2.05) is 30.9 Å². The number of hydrogen-bond acceptors (Lipinski definition) is 3. The first-order valence-electron chi connectivity index (χ1n) is 6.91. The Bertz CT molecular complexity index is 504. The highest BCUT2D eigenvalue weighted by Gasteiger charge is 2.31. The largest absolute Gasteiger partial charge is 0.493 e.